The van der Waals surface area contributed by atoms with Gasteiger partial charge in [-0.2, -0.15) is 0 Å². The number of likely N-dealkylation sites (N-methyl/N-ethyl adjacent to an activating group) is 2. The Morgan fingerprint density at radius 1 is 1.37 bits per heavy atom. The van der Waals surface area contributed by atoms with E-state index in [0.717, 1.165) is 12.5 Å². The van der Waals surface area contributed by atoms with Gasteiger partial charge in [0.15, 0.2) is 0 Å². The summed E-state index contributed by atoms with van der Waals surface area (Å²) < 4.78 is 0. The molecule has 1 heterocycles. The lowest BCUT2D eigenvalue weighted by Crippen LogP contribution is -2.31. The van der Waals surface area contributed by atoms with Crippen LogP contribution in [-0.4, -0.2) is 38.6 Å². The molecule has 0 bridgehead atoms. The molecule has 2 aliphatic rings. The number of hydrogen-bond donors (Lipinski definition) is 1. The highest BCUT2D eigenvalue weighted by atomic mass is 15.1. The van der Waals surface area contributed by atoms with E-state index in [2.05, 4.69) is 48.6 Å². The Morgan fingerprint density at radius 2 is 2.21 bits per heavy atom. The molecule has 0 radical (unpaired) electrons. The van der Waals surface area contributed by atoms with Gasteiger partial charge in [0.1, 0.15) is 0 Å². The molecule has 19 heavy (non-hydrogen) atoms. The smallest absolute Gasteiger partial charge is 0.00784 e. The van der Waals surface area contributed by atoms with Gasteiger partial charge in [0.2, 0.25) is 0 Å². The Hall–Kier alpha value is -0.860. The summed E-state index contributed by atoms with van der Waals surface area (Å²) in [5, 5.41) is 3.37. The molecule has 1 aliphatic heterocycles. The Bertz CT molecular complexity index is 437. The third-order valence-corrected chi connectivity index (χ3v) is 4.96. The van der Waals surface area contributed by atoms with Crippen molar-refractivity contribution in [2.75, 3.05) is 33.7 Å². The molecule has 2 heteroatoms. The second-order valence-corrected chi connectivity index (χ2v) is 6.54. The summed E-state index contributed by atoms with van der Waals surface area (Å²) in [6, 6.07) is 9.44. The molecule has 2 fully saturated rings. The van der Waals surface area contributed by atoms with E-state index >= 15 is 0 Å². The number of benzene rings is 1. The topological polar surface area (TPSA) is 15.3 Å². The van der Waals surface area contributed by atoms with E-state index in [0.29, 0.717) is 5.41 Å². The average molecular weight is 258 g/mol. The molecule has 1 saturated heterocycles. The van der Waals surface area contributed by atoms with Gasteiger partial charge in [-0.15, -0.1) is 0 Å². The molecule has 2 nitrogen and oxygen atoms in total. The Morgan fingerprint density at radius 3 is 2.89 bits per heavy atom. The molecule has 1 aromatic rings. The number of rotatable bonds is 4. The van der Waals surface area contributed by atoms with Crippen LogP contribution >= 0.6 is 0 Å². The van der Waals surface area contributed by atoms with Gasteiger partial charge >= 0.3 is 0 Å². The second-order valence-electron chi connectivity index (χ2n) is 6.54. The molecule has 104 valence electrons. The minimum absolute atomic E-state index is 0.450. The first-order valence-corrected chi connectivity index (χ1v) is 7.67. The van der Waals surface area contributed by atoms with Gasteiger partial charge in [-0.05, 0) is 63.4 Å². The van der Waals surface area contributed by atoms with E-state index in [-0.39, 0.29) is 0 Å². The van der Waals surface area contributed by atoms with Crippen LogP contribution in [0, 0.1) is 0 Å². The molecule has 1 N–H and O–H groups in total. The van der Waals surface area contributed by atoms with Crippen molar-refractivity contribution >= 4 is 0 Å². The summed E-state index contributed by atoms with van der Waals surface area (Å²) in [6.07, 6.45) is 5.39. The van der Waals surface area contributed by atoms with E-state index in [1.54, 1.807) is 11.1 Å². The van der Waals surface area contributed by atoms with Crippen molar-refractivity contribution in [3.05, 3.63) is 35.4 Å². The predicted octanol–water partition coefficient (Wildman–Crippen LogP) is 2.75. The summed E-state index contributed by atoms with van der Waals surface area (Å²) in [7, 11) is 4.32. The molecule has 1 aromatic carbocycles. The minimum Gasteiger partial charge on any atom is -0.319 e. The molecular weight excluding hydrogens is 232 g/mol. The van der Waals surface area contributed by atoms with Crippen molar-refractivity contribution in [3.8, 4) is 0 Å². The highest BCUT2D eigenvalue weighted by Crippen LogP contribution is 2.48. The molecule has 1 atom stereocenters. The van der Waals surface area contributed by atoms with E-state index in [1.165, 1.54) is 38.8 Å². The van der Waals surface area contributed by atoms with Crippen molar-refractivity contribution < 1.29 is 0 Å². The monoisotopic (exact) mass is 258 g/mol. The molecule has 3 rings (SSSR count). The summed E-state index contributed by atoms with van der Waals surface area (Å²) in [5.41, 5.74) is 3.57. The van der Waals surface area contributed by atoms with Gasteiger partial charge in [0, 0.05) is 18.5 Å². The van der Waals surface area contributed by atoms with Gasteiger partial charge < -0.3 is 10.2 Å². The van der Waals surface area contributed by atoms with Crippen LogP contribution in [0.3, 0.4) is 0 Å². The first kappa shape index (κ1) is 13.1. The Balaban J connectivity index is 1.80. The second kappa shape index (κ2) is 5.26. The van der Waals surface area contributed by atoms with Crippen LogP contribution in [-0.2, 0) is 5.41 Å². The van der Waals surface area contributed by atoms with Crippen LogP contribution in [0.4, 0.5) is 0 Å². The fraction of sp³-hybridized carbons (Fsp3) is 0.647. The quantitative estimate of drug-likeness (QED) is 0.893. The van der Waals surface area contributed by atoms with Crippen LogP contribution in [0.5, 0.6) is 0 Å². The lowest BCUT2D eigenvalue weighted by atomic mass is 9.87. The van der Waals surface area contributed by atoms with Gasteiger partial charge in [-0.1, -0.05) is 24.3 Å². The molecule has 1 saturated carbocycles. The van der Waals surface area contributed by atoms with Gasteiger partial charge in [-0.25, -0.2) is 0 Å². The average Bonchev–Trinajstić information content (AvgIpc) is 3.20. The first-order chi connectivity index (χ1) is 9.23. The van der Waals surface area contributed by atoms with E-state index in [4.69, 9.17) is 0 Å². The first-order valence-electron chi connectivity index (χ1n) is 7.67. The van der Waals surface area contributed by atoms with Crippen LogP contribution < -0.4 is 5.32 Å². The van der Waals surface area contributed by atoms with Crippen molar-refractivity contribution in [1.29, 1.82) is 0 Å². The molecule has 0 aromatic heterocycles. The predicted molar refractivity (Wildman–Crippen MR) is 80.8 cm³/mol. The zero-order valence-electron chi connectivity index (χ0n) is 12.3. The summed E-state index contributed by atoms with van der Waals surface area (Å²) >= 11 is 0. The number of nitrogens with one attached hydrogen (secondary N) is 1. The fourth-order valence-corrected chi connectivity index (χ4v) is 3.62. The molecule has 0 amide bonds. The number of piperidine rings is 1. The Labute approximate surface area is 117 Å². The maximum absolute atomic E-state index is 3.37. The molecule has 1 unspecified atom stereocenters. The van der Waals surface area contributed by atoms with Gasteiger partial charge in [-0.3, -0.25) is 0 Å². The van der Waals surface area contributed by atoms with Gasteiger partial charge in [0.25, 0.3) is 0 Å². The normalized spacial score (nSPS) is 26.3. The lowest BCUT2D eigenvalue weighted by molar-refractivity contribution is 0.250. The zero-order chi connectivity index (χ0) is 13.3. The maximum Gasteiger partial charge on any atom is 0.00784 e. The summed E-state index contributed by atoms with van der Waals surface area (Å²) in [4.78, 5) is 2.47. The van der Waals surface area contributed by atoms with E-state index in [1.807, 2.05) is 0 Å². The number of nitrogens with zero attached hydrogens (tertiary/aromatic N) is 1. The zero-order valence-corrected chi connectivity index (χ0v) is 12.3. The third-order valence-electron chi connectivity index (χ3n) is 4.96. The maximum atomic E-state index is 3.37. The highest BCUT2D eigenvalue weighted by molar-refractivity contribution is 5.36. The minimum atomic E-state index is 0.450. The molecule has 1 aliphatic carbocycles. The van der Waals surface area contributed by atoms with Gasteiger partial charge in [0.05, 0.1) is 0 Å². The van der Waals surface area contributed by atoms with E-state index < -0.39 is 0 Å². The van der Waals surface area contributed by atoms with E-state index in [9.17, 15) is 0 Å². The van der Waals surface area contributed by atoms with Crippen molar-refractivity contribution in [2.45, 2.75) is 37.0 Å². The standard InChI is InChI=1S/C17H26N2/c1-18-13-17(8-9-17)16-7-3-5-14(11-16)15-6-4-10-19(2)12-15/h3,5,7,11,15,18H,4,6,8-10,12-13H2,1-2H3. The number of hydrogen-bond acceptors (Lipinski definition) is 2. The van der Waals surface area contributed by atoms with Crippen LogP contribution in [0.2, 0.25) is 0 Å². The third kappa shape index (κ3) is 2.70. The van der Waals surface area contributed by atoms with Crippen LogP contribution in [0.25, 0.3) is 0 Å². The van der Waals surface area contributed by atoms with Crippen molar-refractivity contribution in [2.24, 2.45) is 0 Å². The summed E-state index contributed by atoms with van der Waals surface area (Å²) in [5.74, 6) is 0.740. The molecular formula is C17H26N2. The number of likely N-dealkylation sites (tertiary alicyclic amines) is 1. The van der Waals surface area contributed by atoms with Crippen LogP contribution in [0.15, 0.2) is 24.3 Å². The highest BCUT2D eigenvalue weighted by Gasteiger charge is 2.43. The SMILES string of the molecule is CNCC1(c2cccc(C3CCCN(C)C3)c2)CC1. The van der Waals surface area contributed by atoms with Crippen molar-refractivity contribution in [3.63, 3.8) is 0 Å². The van der Waals surface area contributed by atoms with Crippen molar-refractivity contribution in [1.82, 2.24) is 10.2 Å². The Kier molecular flexibility index (Phi) is 3.64. The molecule has 0 spiro atoms. The lowest BCUT2D eigenvalue weighted by Gasteiger charge is -2.30. The largest absolute Gasteiger partial charge is 0.319 e. The van der Waals surface area contributed by atoms with Crippen LogP contribution in [0.1, 0.15) is 42.7 Å². The fourth-order valence-electron chi connectivity index (χ4n) is 3.62. The summed E-state index contributed by atoms with van der Waals surface area (Å²) in [6.45, 7) is 3.61.